The van der Waals surface area contributed by atoms with Gasteiger partial charge >= 0.3 is 0 Å². The van der Waals surface area contributed by atoms with E-state index in [0.717, 1.165) is 24.3 Å². The van der Waals surface area contributed by atoms with Crippen molar-refractivity contribution in [1.29, 1.82) is 0 Å². The zero-order valence-electron chi connectivity index (χ0n) is 13.3. The third-order valence-electron chi connectivity index (χ3n) is 3.38. The normalized spacial score (nSPS) is 12.0. The van der Waals surface area contributed by atoms with Crippen molar-refractivity contribution in [1.82, 2.24) is 5.32 Å². The van der Waals surface area contributed by atoms with E-state index in [1.807, 2.05) is 24.3 Å². The van der Waals surface area contributed by atoms with Crippen LogP contribution >= 0.6 is 0 Å². The molecule has 3 N–H and O–H groups in total. The van der Waals surface area contributed by atoms with Gasteiger partial charge in [-0.05, 0) is 24.1 Å². The Balaban J connectivity index is 2.24. The number of rotatable bonds is 11. The summed E-state index contributed by atoms with van der Waals surface area (Å²) in [4.78, 5) is 11.3. The minimum Gasteiger partial charge on any atom is -0.494 e. The first-order valence-corrected chi connectivity index (χ1v) is 7.95. The summed E-state index contributed by atoms with van der Waals surface area (Å²) in [7, 11) is 0. The summed E-state index contributed by atoms with van der Waals surface area (Å²) in [6.45, 7) is 2.66. The van der Waals surface area contributed by atoms with Gasteiger partial charge in [0.25, 0.3) is 5.91 Å². The molecule has 0 heterocycles. The monoisotopic (exact) mass is 309 g/mol. The largest absolute Gasteiger partial charge is 0.494 e. The number of carbonyl (C=O) groups excluding carboxylic acids is 1. The molecule has 22 heavy (non-hydrogen) atoms. The maximum atomic E-state index is 11.3. The lowest BCUT2D eigenvalue weighted by Gasteiger charge is -2.10. The Bertz CT molecular complexity index is 419. The Morgan fingerprint density at radius 2 is 1.86 bits per heavy atom. The SMILES string of the molecule is CCCCCCCOc1ccc(CNC(=O)C(O)CO)cc1. The van der Waals surface area contributed by atoms with E-state index in [-0.39, 0.29) is 0 Å². The second-order valence-corrected chi connectivity index (χ2v) is 5.32. The number of nitrogens with one attached hydrogen (secondary N) is 1. The molecular weight excluding hydrogens is 282 g/mol. The number of unbranched alkanes of at least 4 members (excludes halogenated alkanes) is 4. The molecule has 0 aliphatic carbocycles. The van der Waals surface area contributed by atoms with Gasteiger partial charge in [-0.25, -0.2) is 0 Å². The Morgan fingerprint density at radius 1 is 1.18 bits per heavy atom. The van der Waals surface area contributed by atoms with E-state index in [9.17, 15) is 4.79 Å². The molecule has 0 saturated carbocycles. The third kappa shape index (κ3) is 7.43. The van der Waals surface area contributed by atoms with Gasteiger partial charge in [0.2, 0.25) is 0 Å². The van der Waals surface area contributed by atoms with Crippen molar-refractivity contribution in [3.63, 3.8) is 0 Å². The number of amides is 1. The predicted octanol–water partition coefficient (Wildman–Crippen LogP) is 2.01. The Hall–Kier alpha value is -1.59. The highest BCUT2D eigenvalue weighted by Gasteiger charge is 2.12. The zero-order chi connectivity index (χ0) is 16.2. The lowest BCUT2D eigenvalue weighted by atomic mass is 10.2. The highest BCUT2D eigenvalue weighted by atomic mass is 16.5. The molecule has 0 fully saturated rings. The first kappa shape index (κ1) is 18.5. The van der Waals surface area contributed by atoms with Gasteiger partial charge in [-0.1, -0.05) is 44.7 Å². The van der Waals surface area contributed by atoms with Gasteiger partial charge in [0, 0.05) is 6.54 Å². The molecule has 5 heteroatoms. The second kappa shape index (κ2) is 11.0. The summed E-state index contributed by atoms with van der Waals surface area (Å²) >= 11 is 0. The minimum absolute atomic E-state index is 0.313. The van der Waals surface area contributed by atoms with Crippen LogP contribution in [0.1, 0.15) is 44.6 Å². The van der Waals surface area contributed by atoms with Gasteiger partial charge in [0.05, 0.1) is 13.2 Å². The number of benzene rings is 1. The quantitative estimate of drug-likeness (QED) is 0.546. The molecule has 1 amide bonds. The lowest BCUT2D eigenvalue weighted by Crippen LogP contribution is -2.36. The summed E-state index contributed by atoms with van der Waals surface area (Å²) in [5.41, 5.74) is 0.911. The molecule has 5 nitrogen and oxygen atoms in total. The topological polar surface area (TPSA) is 78.8 Å². The summed E-state index contributed by atoms with van der Waals surface area (Å²) < 4.78 is 5.66. The van der Waals surface area contributed by atoms with Crippen molar-refractivity contribution in [2.24, 2.45) is 0 Å². The molecule has 1 aromatic rings. The first-order valence-electron chi connectivity index (χ1n) is 7.95. The van der Waals surface area contributed by atoms with Gasteiger partial charge in [-0.2, -0.15) is 0 Å². The smallest absolute Gasteiger partial charge is 0.251 e. The van der Waals surface area contributed by atoms with Gasteiger partial charge in [-0.3, -0.25) is 4.79 Å². The molecule has 124 valence electrons. The molecular formula is C17H27NO4. The molecule has 0 saturated heterocycles. The highest BCUT2D eigenvalue weighted by molar-refractivity contribution is 5.80. The highest BCUT2D eigenvalue weighted by Crippen LogP contribution is 2.13. The van der Waals surface area contributed by atoms with Gasteiger partial charge in [-0.15, -0.1) is 0 Å². The molecule has 0 aliphatic heterocycles. The average Bonchev–Trinajstić information content (AvgIpc) is 2.56. The lowest BCUT2D eigenvalue weighted by molar-refractivity contribution is -0.131. The molecule has 0 aliphatic rings. The van der Waals surface area contributed by atoms with Crippen molar-refractivity contribution in [3.05, 3.63) is 29.8 Å². The number of aliphatic hydroxyl groups excluding tert-OH is 2. The van der Waals surface area contributed by atoms with E-state index in [1.54, 1.807) is 0 Å². The van der Waals surface area contributed by atoms with Crippen LogP contribution in [0.4, 0.5) is 0 Å². The predicted molar refractivity (Wildman–Crippen MR) is 85.6 cm³/mol. The van der Waals surface area contributed by atoms with Gasteiger partial charge in [0.15, 0.2) is 6.10 Å². The van der Waals surface area contributed by atoms with E-state index in [4.69, 9.17) is 14.9 Å². The van der Waals surface area contributed by atoms with Crippen LogP contribution in [-0.2, 0) is 11.3 Å². The maximum absolute atomic E-state index is 11.3. The molecule has 0 bridgehead atoms. The van der Waals surface area contributed by atoms with Gasteiger partial charge in [0.1, 0.15) is 5.75 Å². The van der Waals surface area contributed by atoms with E-state index < -0.39 is 18.6 Å². The minimum atomic E-state index is -1.37. The Morgan fingerprint density at radius 3 is 2.50 bits per heavy atom. The first-order chi connectivity index (χ1) is 10.7. The number of carbonyl (C=O) groups is 1. The Kier molecular flexibility index (Phi) is 9.26. The van der Waals surface area contributed by atoms with Crippen molar-refractivity contribution in [2.45, 2.75) is 51.7 Å². The summed E-state index contributed by atoms with van der Waals surface area (Å²) in [6, 6.07) is 7.49. The molecule has 0 spiro atoms. The van der Waals surface area contributed by atoms with Crippen LogP contribution in [0.15, 0.2) is 24.3 Å². The van der Waals surface area contributed by atoms with E-state index in [0.29, 0.717) is 6.54 Å². The van der Waals surface area contributed by atoms with E-state index >= 15 is 0 Å². The van der Waals surface area contributed by atoms with Crippen LogP contribution in [0.25, 0.3) is 0 Å². The van der Waals surface area contributed by atoms with Crippen LogP contribution in [0.3, 0.4) is 0 Å². The van der Waals surface area contributed by atoms with Crippen LogP contribution in [0.2, 0.25) is 0 Å². The molecule has 1 rings (SSSR count). The second-order valence-electron chi connectivity index (χ2n) is 5.32. The fourth-order valence-corrected chi connectivity index (χ4v) is 1.99. The summed E-state index contributed by atoms with van der Waals surface area (Å²) in [5.74, 6) is 0.246. The third-order valence-corrected chi connectivity index (χ3v) is 3.38. The fourth-order valence-electron chi connectivity index (χ4n) is 1.99. The number of ether oxygens (including phenoxy) is 1. The van der Waals surface area contributed by atoms with E-state index in [2.05, 4.69) is 12.2 Å². The van der Waals surface area contributed by atoms with E-state index in [1.165, 1.54) is 25.7 Å². The van der Waals surface area contributed by atoms with Gasteiger partial charge < -0.3 is 20.3 Å². The Labute approximate surface area is 132 Å². The number of hydrogen-bond acceptors (Lipinski definition) is 4. The zero-order valence-corrected chi connectivity index (χ0v) is 13.3. The summed E-state index contributed by atoms with van der Waals surface area (Å²) in [6.07, 6.45) is 4.69. The molecule has 1 aromatic carbocycles. The standard InChI is InChI=1S/C17H27NO4/c1-2-3-4-5-6-11-22-15-9-7-14(8-10-15)12-18-17(21)16(20)13-19/h7-10,16,19-20H,2-6,11-13H2,1H3,(H,18,21). The van der Waals surface area contributed by atoms with Crippen molar-refractivity contribution >= 4 is 5.91 Å². The maximum Gasteiger partial charge on any atom is 0.251 e. The van der Waals surface area contributed by atoms with Crippen LogP contribution in [0.5, 0.6) is 5.75 Å². The average molecular weight is 309 g/mol. The molecule has 0 aromatic heterocycles. The van der Waals surface area contributed by atoms with Crippen LogP contribution in [-0.4, -0.2) is 35.4 Å². The summed E-state index contributed by atoms with van der Waals surface area (Å²) in [5, 5.41) is 20.4. The number of hydrogen-bond donors (Lipinski definition) is 3. The molecule has 0 radical (unpaired) electrons. The van der Waals surface area contributed by atoms with Crippen LogP contribution < -0.4 is 10.1 Å². The van der Waals surface area contributed by atoms with Crippen molar-refractivity contribution in [2.75, 3.05) is 13.2 Å². The molecule has 1 atom stereocenters. The van der Waals surface area contributed by atoms with Crippen molar-refractivity contribution < 1.29 is 19.7 Å². The van der Waals surface area contributed by atoms with Crippen molar-refractivity contribution in [3.8, 4) is 5.75 Å². The molecule has 1 unspecified atom stereocenters. The number of aliphatic hydroxyl groups is 2. The van der Waals surface area contributed by atoms with Crippen LogP contribution in [0, 0.1) is 0 Å². The fraction of sp³-hybridized carbons (Fsp3) is 0.588.